The predicted octanol–water partition coefficient (Wildman–Crippen LogP) is 3.07. The Morgan fingerprint density at radius 1 is 0.784 bits per heavy atom. The highest BCUT2D eigenvalue weighted by molar-refractivity contribution is 6.09. The third-order valence-electron chi connectivity index (χ3n) is 7.57. The van der Waals surface area contributed by atoms with E-state index in [4.69, 9.17) is 9.47 Å². The van der Waals surface area contributed by atoms with Crippen molar-refractivity contribution in [3.63, 3.8) is 0 Å². The van der Waals surface area contributed by atoms with E-state index in [2.05, 4.69) is 5.32 Å². The molecule has 2 atom stereocenters. The largest absolute Gasteiger partial charge is 0.497 e. The molecule has 0 aromatic heterocycles. The Bertz CT molecular complexity index is 1320. The first-order valence-corrected chi connectivity index (χ1v) is 12.1. The first kappa shape index (κ1) is 23.0. The van der Waals surface area contributed by atoms with Gasteiger partial charge in [0.25, 0.3) is 5.91 Å². The number of methoxy groups -OCH3 is 1. The van der Waals surface area contributed by atoms with Crippen LogP contribution in [0.5, 0.6) is 5.75 Å². The second kappa shape index (κ2) is 8.89. The van der Waals surface area contributed by atoms with Crippen LogP contribution < -0.4 is 10.1 Å². The van der Waals surface area contributed by atoms with E-state index >= 15 is 0 Å². The summed E-state index contributed by atoms with van der Waals surface area (Å²) in [6, 6.07) is 22.6. The molecule has 1 aliphatic heterocycles. The van der Waals surface area contributed by atoms with Crippen LogP contribution in [0.15, 0.2) is 72.8 Å². The number of esters is 1. The molecule has 0 spiro atoms. The fourth-order valence-corrected chi connectivity index (χ4v) is 6.09. The number of carbonyl (C=O) groups excluding carboxylic acids is 4. The van der Waals surface area contributed by atoms with Gasteiger partial charge < -0.3 is 14.8 Å². The summed E-state index contributed by atoms with van der Waals surface area (Å²) < 4.78 is 10.2. The first-order chi connectivity index (χ1) is 18.0. The molecule has 1 saturated heterocycles. The maximum atomic E-state index is 13.5. The highest BCUT2D eigenvalue weighted by Crippen LogP contribution is 2.60. The van der Waals surface area contributed by atoms with Crippen LogP contribution in [0.1, 0.15) is 34.1 Å². The molecular weight excluding hydrogens is 472 g/mol. The molecule has 0 unspecified atom stereocenters. The van der Waals surface area contributed by atoms with E-state index in [1.807, 2.05) is 48.5 Å². The van der Waals surface area contributed by atoms with Crippen LogP contribution in [0, 0.1) is 11.8 Å². The van der Waals surface area contributed by atoms with Crippen LogP contribution in [0.3, 0.4) is 0 Å². The molecule has 7 rings (SSSR count). The number of ether oxygens (including phenoxy) is 2. The minimum atomic E-state index is -0.812. The molecule has 0 radical (unpaired) electrons. The molecule has 186 valence electrons. The van der Waals surface area contributed by atoms with Gasteiger partial charge in [-0.25, -0.2) is 0 Å². The quantitative estimate of drug-likeness (QED) is 0.416. The van der Waals surface area contributed by atoms with Crippen molar-refractivity contribution in [1.82, 2.24) is 4.90 Å². The van der Waals surface area contributed by atoms with Gasteiger partial charge in [0.2, 0.25) is 11.8 Å². The lowest BCUT2D eigenvalue weighted by atomic mass is 9.55. The topological polar surface area (TPSA) is 102 Å². The van der Waals surface area contributed by atoms with E-state index in [1.165, 1.54) is 0 Å². The Hall–Kier alpha value is -4.46. The molecule has 3 aromatic carbocycles. The molecule has 0 saturated carbocycles. The molecule has 1 fully saturated rings. The number of imide groups is 1. The Morgan fingerprint density at radius 2 is 1.27 bits per heavy atom. The molecule has 1 N–H and O–H groups in total. The molecule has 3 aliphatic carbocycles. The predicted molar refractivity (Wildman–Crippen MR) is 133 cm³/mol. The van der Waals surface area contributed by atoms with Gasteiger partial charge in [-0.3, -0.25) is 24.1 Å². The zero-order chi connectivity index (χ0) is 25.7. The van der Waals surface area contributed by atoms with Crippen molar-refractivity contribution in [3.05, 3.63) is 95.1 Å². The van der Waals surface area contributed by atoms with Crippen molar-refractivity contribution in [2.75, 3.05) is 25.6 Å². The minimum absolute atomic E-state index is 0.241. The van der Waals surface area contributed by atoms with Gasteiger partial charge in [0, 0.05) is 17.5 Å². The Labute approximate surface area is 213 Å². The summed E-state index contributed by atoms with van der Waals surface area (Å²) in [5.74, 6) is -3.04. The van der Waals surface area contributed by atoms with Gasteiger partial charge in [0.1, 0.15) is 12.3 Å². The Kier molecular flexibility index (Phi) is 5.52. The minimum Gasteiger partial charge on any atom is -0.497 e. The highest BCUT2D eigenvalue weighted by atomic mass is 16.5. The van der Waals surface area contributed by atoms with E-state index < -0.39 is 36.9 Å². The second-order valence-electron chi connectivity index (χ2n) is 9.46. The van der Waals surface area contributed by atoms with Gasteiger partial charge in [-0.2, -0.15) is 0 Å². The molecule has 2 bridgehead atoms. The van der Waals surface area contributed by atoms with Crippen LogP contribution in [-0.4, -0.2) is 48.9 Å². The Balaban J connectivity index is 1.16. The fraction of sp³-hybridized carbons (Fsp3) is 0.241. The summed E-state index contributed by atoms with van der Waals surface area (Å²) in [5, 5.41) is 2.62. The lowest BCUT2D eigenvalue weighted by Gasteiger charge is -2.45. The fourth-order valence-electron chi connectivity index (χ4n) is 6.09. The van der Waals surface area contributed by atoms with E-state index in [9.17, 15) is 19.2 Å². The molecule has 3 aromatic rings. The number of benzene rings is 3. The lowest BCUT2D eigenvalue weighted by Crippen LogP contribution is -2.41. The molecular formula is C29H24N2O6. The molecule has 8 nitrogen and oxygen atoms in total. The van der Waals surface area contributed by atoms with Crippen molar-refractivity contribution >= 4 is 29.4 Å². The average molecular weight is 497 g/mol. The molecule has 37 heavy (non-hydrogen) atoms. The summed E-state index contributed by atoms with van der Waals surface area (Å²) in [6.45, 7) is -1.05. The van der Waals surface area contributed by atoms with Gasteiger partial charge in [-0.15, -0.1) is 0 Å². The summed E-state index contributed by atoms with van der Waals surface area (Å²) >= 11 is 0. The van der Waals surface area contributed by atoms with Crippen LogP contribution in [0.25, 0.3) is 0 Å². The standard InChI is InChI=1S/C29H24N2O6/c1-36-17-12-10-16(11-13-17)30-22(32)15-37-23(33)14-31-28(34)26-24-18-6-2-3-7-19(18)25(27(26)29(31)35)21-9-5-4-8-20(21)24/h2-13,24-27H,14-15H2,1H3,(H,30,32)/t24?,25?,26-,27+. The van der Waals surface area contributed by atoms with E-state index in [-0.39, 0.29) is 23.7 Å². The van der Waals surface area contributed by atoms with Gasteiger partial charge >= 0.3 is 5.97 Å². The van der Waals surface area contributed by atoms with Crippen LogP contribution in [0.2, 0.25) is 0 Å². The first-order valence-electron chi connectivity index (χ1n) is 12.1. The van der Waals surface area contributed by atoms with Gasteiger partial charge in [-0.1, -0.05) is 48.5 Å². The number of hydrogen-bond donors (Lipinski definition) is 1. The number of nitrogens with one attached hydrogen (secondary N) is 1. The van der Waals surface area contributed by atoms with Gasteiger partial charge in [0.05, 0.1) is 18.9 Å². The summed E-state index contributed by atoms with van der Waals surface area (Å²) in [6.07, 6.45) is 0. The van der Waals surface area contributed by atoms with E-state index in [0.717, 1.165) is 27.2 Å². The smallest absolute Gasteiger partial charge is 0.326 e. The number of hydrogen-bond acceptors (Lipinski definition) is 6. The van der Waals surface area contributed by atoms with Crippen molar-refractivity contribution in [2.45, 2.75) is 11.8 Å². The lowest BCUT2D eigenvalue weighted by molar-refractivity contribution is -0.154. The SMILES string of the molecule is COc1ccc(NC(=O)COC(=O)CN2C(=O)[C@@H]3C4c5ccccc5C(c5ccccc54)[C@@H]3C2=O)cc1. The third-order valence-corrected chi connectivity index (χ3v) is 7.57. The molecule has 4 aliphatic rings. The van der Waals surface area contributed by atoms with E-state index in [0.29, 0.717) is 11.4 Å². The van der Waals surface area contributed by atoms with Crippen LogP contribution in [0.4, 0.5) is 5.69 Å². The van der Waals surface area contributed by atoms with Crippen molar-refractivity contribution in [1.29, 1.82) is 0 Å². The normalized spacial score (nSPS) is 22.7. The number of anilines is 1. The zero-order valence-corrected chi connectivity index (χ0v) is 20.0. The van der Waals surface area contributed by atoms with Gasteiger partial charge in [0.15, 0.2) is 6.61 Å². The Morgan fingerprint density at radius 3 is 1.73 bits per heavy atom. The molecule has 1 heterocycles. The summed E-state index contributed by atoms with van der Waals surface area (Å²) in [5.41, 5.74) is 4.77. The van der Waals surface area contributed by atoms with Crippen LogP contribution >= 0.6 is 0 Å². The monoisotopic (exact) mass is 496 g/mol. The van der Waals surface area contributed by atoms with Crippen molar-refractivity contribution < 1.29 is 28.7 Å². The maximum Gasteiger partial charge on any atom is 0.326 e. The molecule has 8 heteroatoms. The third kappa shape index (κ3) is 3.67. The summed E-state index contributed by atoms with van der Waals surface area (Å²) in [4.78, 5) is 52.9. The number of carbonyl (C=O) groups is 4. The number of nitrogens with zero attached hydrogens (tertiary/aromatic N) is 1. The number of rotatable bonds is 6. The second-order valence-corrected chi connectivity index (χ2v) is 9.46. The van der Waals surface area contributed by atoms with Gasteiger partial charge in [-0.05, 0) is 46.5 Å². The van der Waals surface area contributed by atoms with Crippen molar-refractivity contribution in [3.8, 4) is 5.75 Å². The summed E-state index contributed by atoms with van der Waals surface area (Å²) in [7, 11) is 1.54. The zero-order valence-electron chi connectivity index (χ0n) is 20.0. The van der Waals surface area contributed by atoms with E-state index in [1.54, 1.807) is 31.4 Å². The number of amides is 3. The average Bonchev–Trinajstić information content (AvgIpc) is 3.17. The maximum absolute atomic E-state index is 13.5. The number of likely N-dealkylation sites (tertiary alicyclic amines) is 1. The molecule has 3 amide bonds. The van der Waals surface area contributed by atoms with Crippen molar-refractivity contribution in [2.24, 2.45) is 11.8 Å². The van der Waals surface area contributed by atoms with Crippen LogP contribution in [-0.2, 0) is 23.9 Å². The highest BCUT2D eigenvalue weighted by Gasteiger charge is 2.61.